The van der Waals surface area contributed by atoms with E-state index in [-0.39, 0.29) is 5.54 Å². The lowest BCUT2D eigenvalue weighted by atomic mass is 9.86. The highest BCUT2D eigenvalue weighted by Crippen LogP contribution is 2.28. The van der Waals surface area contributed by atoms with Gasteiger partial charge in [-0.1, -0.05) is 25.5 Å². The van der Waals surface area contributed by atoms with Crippen LogP contribution in [0.1, 0.15) is 38.2 Å². The van der Waals surface area contributed by atoms with Gasteiger partial charge in [-0.25, -0.2) is 0 Å². The van der Waals surface area contributed by atoms with Crippen LogP contribution in [0.5, 0.6) is 5.75 Å². The molecule has 1 aromatic rings. The monoisotopic (exact) mass is 262 g/mol. The average molecular weight is 262 g/mol. The first-order valence-electron chi connectivity index (χ1n) is 7.34. The Kier molecular flexibility index (Phi) is 4.83. The summed E-state index contributed by atoms with van der Waals surface area (Å²) in [4.78, 5) is 2.50. The number of benzene rings is 1. The van der Waals surface area contributed by atoms with Crippen LogP contribution >= 0.6 is 0 Å². The third-order valence-corrected chi connectivity index (χ3v) is 4.07. The van der Waals surface area contributed by atoms with Crippen LogP contribution in [-0.2, 0) is 5.54 Å². The fraction of sp³-hybridized carbons (Fsp3) is 0.625. The summed E-state index contributed by atoms with van der Waals surface area (Å²) in [6.45, 7) is 5.56. The van der Waals surface area contributed by atoms with Crippen LogP contribution in [0, 0.1) is 0 Å². The highest BCUT2D eigenvalue weighted by molar-refractivity contribution is 5.32. The van der Waals surface area contributed by atoms with E-state index in [1.807, 2.05) is 12.1 Å². The number of hydrogen-bond donors (Lipinski definition) is 1. The molecule has 0 aromatic heterocycles. The van der Waals surface area contributed by atoms with Crippen molar-refractivity contribution in [1.82, 2.24) is 4.90 Å². The van der Waals surface area contributed by atoms with Gasteiger partial charge >= 0.3 is 0 Å². The molecule has 0 aliphatic carbocycles. The Bertz CT molecular complexity index is 384. The van der Waals surface area contributed by atoms with E-state index in [0.717, 1.165) is 25.1 Å². The van der Waals surface area contributed by atoms with Crippen LogP contribution in [-0.4, -0.2) is 31.6 Å². The van der Waals surface area contributed by atoms with E-state index in [9.17, 15) is 0 Å². The zero-order valence-corrected chi connectivity index (χ0v) is 12.2. The van der Waals surface area contributed by atoms with Crippen molar-refractivity contribution < 1.29 is 4.74 Å². The predicted molar refractivity (Wildman–Crippen MR) is 79.4 cm³/mol. The summed E-state index contributed by atoms with van der Waals surface area (Å²) in [6.07, 6.45) is 4.75. The van der Waals surface area contributed by atoms with Crippen LogP contribution < -0.4 is 10.5 Å². The van der Waals surface area contributed by atoms with E-state index in [0.29, 0.717) is 0 Å². The highest BCUT2D eigenvalue weighted by Gasteiger charge is 2.30. The molecule has 1 aliphatic rings. The number of rotatable bonds is 6. The van der Waals surface area contributed by atoms with Gasteiger partial charge in [-0.2, -0.15) is 0 Å². The van der Waals surface area contributed by atoms with Crippen LogP contribution in [0.4, 0.5) is 0 Å². The second-order valence-electron chi connectivity index (χ2n) is 5.62. The molecular weight excluding hydrogens is 236 g/mol. The van der Waals surface area contributed by atoms with Crippen molar-refractivity contribution in [3.05, 3.63) is 29.8 Å². The van der Waals surface area contributed by atoms with Gasteiger partial charge in [-0.3, -0.25) is 0 Å². The number of nitrogens with two attached hydrogens (primary N) is 1. The maximum atomic E-state index is 6.72. The Balaban J connectivity index is 2.15. The zero-order valence-electron chi connectivity index (χ0n) is 12.2. The fourth-order valence-electron chi connectivity index (χ4n) is 3.02. The number of nitrogens with zero attached hydrogens (tertiary/aromatic N) is 1. The SMILES string of the molecule is CCCC(N)(CN1CCCC1)c1ccc(OC)cc1. The second-order valence-corrected chi connectivity index (χ2v) is 5.62. The molecule has 1 unspecified atom stereocenters. The van der Waals surface area contributed by atoms with Crippen molar-refractivity contribution in [3.8, 4) is 5.75 Å². The molecule has 1 aliphatic heterocycles. The summed E-state index contributed by atoms with van der Waals surface area (Å²) < 4.78 is 5.22. The van der Waals surface area contributed by atoms with Crippen LogP contribution in [0.2, 0.25) is 0 Å². The topological polar surface area (TPSA) is 38.5 Å². The molecular formula is C16H26N2O. The minimum Gasteiger partial charge on any atom is -0.497 e. The summed E-state index contributed by atoms with van der Waals surface area (Å²) in [5.74, 6) is 0.892. The van der Waals surface area contributed by atoms with Crippen molar-refractivity contribution in [2.45, 2.75) is 38.1 Å². The van der Waals surface area contributed by atoms with E-state index >= 15 is 0 Å². The normalized spacial score (nSPS) is 19.3. The first-order chi connectivity index (χ1) is 9.18. The lowest BCUT2D eigenvalue weighted by Crippen LogP contribution is -2.46. The van der Waals surface area contributed by atoms with E-state index < -0.39 is 0 Å². The zero-order chi connectivity index (χ0) is 13.7. The van der Waals surface area contributed by atoms with Gasteiger partial charge in [-0.15, -0.1) is 0 Å². The Morgan fingerprint density at radius 2 is 1.84 bits per heavy atom. The Morgan fingerprint density at radius 3 is 2.37 bits per heavy atom. The van der Waals surface area contributed by atoms with Crippen molar-refractivity contribution >= 4 is 0 Å². The van der Waals surface area contributed by atoms with Gasteiger partial charge in [0, 0.05) is 6.54 Å². The smallest absolute Gasteiger partial charge is 0.118 e. The summed E-state index contributed by atoms with van der Waals surface area (Å²) in [6, 6.07) is 8.25. The minimum absolute atomic E-state index is 0.231. The molecule has 1 atom stereocenters. The molecule has 19 heavy (non-hydrogen) atoms. The molecule has 1 heterocycles. The quantitative estimate of drug-likeness (QED) is 0.856. The third-order valence-electron chi connectivity index (χ3n) is 4.07. The summed E-state index contributed by atoms with van der Waals surface area (Å²) in [5.41, 5.74) is 7.71. The Morgan fingerprint density at radius 1 is 1.21 bits per heavy atom. The fourth-order valence-corrected chi connectivity index (χ4v) is 3.02. The number of methoxy groups -OCH3 is 1. The van der Waals surface area contributed by atoms with Gasteiger partial charge in [0.1, 0.15) is 5.75 Å². The standard InChI is InChI=1S/C16H26N2O/c1-3-10-16(17,13-18-11-4-5-12-18)14-6-8-15(19-2)9-7-14/h6-9H,3-5,10-13,17H2,1-2H3. The lowest BCUT2D eigenvalue weighted by Gasteiger charge is -2.34. The maximum absolute atomic E-state index is 6.72. The maximum Gasteiger partial charge on any atom is 0.118 e. The van der Waals surface area contributed by atoms with Crippen LogP contribution in [0.25, 0.3) is 0 Å². The molecule has 1 fully saturated rings. The minimum atomic E-state index is -0.231. The van der Waals surface area contributed by atoms with Gasteiger partial charge in [-0.05, 0) is 50.0 Å². The predicted octanol–water partition coefficient (Wildman–Crippen LogP) is 2.75. The molecule has 0 bridgehead atoms. The molecule has 2 rings (SSSR count). The molecule has 0 radical (unpaired) electrons. The van der Waals surface area contributed by atoms with E-state index in [4.69, 9.17) is 10.5 Å². The van der Waals surface area contributed by atoms with Gasteiger partial charge in [0.25, 0.3) is 0 Å². The average Bonchev–Trinajstić information content (AvgIpc) is 2.92. The summed E-state index contributed by atoms with van der Waals surface area (Å²) in [7, 11) is 1.70. The van der Waals surface area contributed by atoms with Crippen LogP contribution in [0.3, 0.4) is 0 Å². The number of likely N-dealkylation sites (tertiary alicyclic amines) is 1. The van der Waals surface area contributed by atoms with Crippen molar-refractivity contribution in [2.24, 2.45) is 5.73 Å². The van der Waals surface area contributed by atoms with E-state index in [1.165, 1.54) is 31.5 Å². The molecule has 3 heteroatoms. The number of ether oxygens (including phenoxy) is 1. The molecule has 0 spiro atoms. The molecule has 1 saturated heterocycles. The second kappa shape index (κ2) is 6.40. The van der Waals surface area contributed by atoms with Gasteiger partial charge < -0.3 is 15.4 Å². The highest BCUT2D eigenvalue weighted by atomic mass is 16.5. The molecule has 3 nitrogen and oxygen atoms in total. The third kappa shape index (κ3) is 3.48. The van der Waals surface area contributed by atoms with Crippen LogP contribution in [0.15, 0.2) is 24.3 Å². The number of hydrogen-bond acceptors (Lipinski definition) is 3. The molecule has 0 saturated carbocycles. The first-order valence-corrected chi connectivity index (χ1v) is 7.34. The molecule has 0 amide bonds. The van der Waals surface area contributed by atoms with Crippen molar-refractivity contribution in [2.75, 3.05) is 26.7 Å². The molecule has 2 N–H and O–H groups in total. The van der Waals surface area contributed by atoms with Gasteiger partial charge in [0.15, 0.2) is 0 Å². The van der Waals surface area contributed by atoms with E-state index in [1.54, 1.807) is 7.11 Å². The van der Waals surface area contributed by atoms with Crippen molar-refractivity contribution in [3.63, 3.8) is 0 Å². The first kappa shape index (κ1) is 14.4. The molecule has 1 aromatic carbocycles. The largest absolute Gasteiger partial charge is 0.497 e. The summed E-state index contributed by atoms with van der Waals surface area (Å²) >= 11 is 0. The summed E-state index contributed by atoms with van der Waals surface area (Å²) in [5, 5.41) is 0. The van der Waals surface area contributed by atoms with Crippen molar-refractivity contribution in [1.29, 1.82) is 0 Å². The Hall–Kier alpha value is -1.06. The van der Waals surface area contributed by atoms with Gasteiger partial charge in [0.2, 0.25) is 0 Å². The van der Waals surface area contributed by atoms with Gasteiger partial charge in [0.05, 0.1) is 12.6 Å². The van der Waals surface area contributed by atoms with E-state index in [2.05, 4.69) is 24.0 Å². The lowest BCUT2D eigenvalue weighted by molar-refractivity contribution is 0.235. The Labute approximate surface area is 116 Å². The molecule has 106 valence electrons.